The number of esters is 1. The van der Waals surface area contributed by atoms with Crippen molar-refractivity contribution in [1.29, 1.82) is 27.0 Å². The first-order chi connectivity index (χ1) is 53.4. The number of H-pyrrole nitrogens is 1. The van der Waals surface area contributed by atoms with Crippen LogP contribution in [-0.4, -0.2) is 267 Å². The maximum absolute atomic E-state index is 12.3. The summed E-state index contributed by atoms with van der Waals surface area (Å²) in [6, 6.07) is 0. The van der Waals surface area contributed by atoms with Crippen molar-refractivity contribution in [2.24, 2.45) is 0 Å². The molecule has 0 spiro atoms. The first kappa shape index (κ1) is 113. The number of methoxy groups -OCH3 is 3. The molecule has 8 unspecified atom stereocenters. The summed E-state index contributed by atoms with van der Waals surface area (Å²) in [5.41, 5.74) is 6.08. The van der Waals surface area contributed by atoms with Gasteiger partial charge in [0.2, 0.25) is 0 Å². The van der Waals surface area contributed by atoms with Gasteiger partial charge in [0.1, 0.15) is 61.6 Å². The molecule has 0 aliphatic carbocycles. The van der Waals surface area contributed by atoms with Crippen LogP contribution >= 0.6 is 61.3 Å². The van der Waals surface area contributed by atoms with Gasteiger partial charge >= 0.3 is 139 Å². The summed E-state index contributed by atoms with van der Waals surface area (Å²) in [7, 11) is 7.99. The van der Waals surface area contributed by atoms with Crippen LogP contribution in [0.1, 0.15) is 70.6 Å². The molecule has 0 saturated heterocycles. The zero-order valence-corrected chi connectivity index (χ0v) is 72.3. The molecule has 9 heterocycles. The Morgan fingerprint density at radius 3 is 1.38 bits per heavy atom. The Balaban J connectivity index is -0.000000639. The van der Waals surface area contributed by atoms with Crippen LogP contribution in [0.25, 0.3) is 0 Å². The molecule has 0 aliphatic rings. The van der Waals surface area contributed by atoms with E-state index >= 15 is 0 Å². The Kier molecular flexibility index (Phi) is 67.3. The van der Waals surface area contributed by atoms with Gasteiger partial charge in [-0.3, -0.25) is 48.0 Å². The molecule has 0 amide bonds. The third kappa shape index (κ3) is 47.2. The first-order valence-electron chi connectivity index (χ1n) is 33.2. The minimum atomic E-state index is -1.22. The van der Waals surface area contributed by atoms with Gasteiger partial charge in [-0.1, -0.05) is 13.3 Å². The SMILES string of the molecule is Brc1nccs1.CB(O)n1cnc(CC([B]OC=N)C(=O)c2nccs2)c1.CB(O)n1cnc(CC([B]OC=N)C(O)C=O)c1.CB(O)n1cnc(CC([B]OC=N)C(O)c2nccs2)c1.COC(=O)C([B]OC=N)Cc1cn(B(C)O)cn1.COC(OC)C(O)C([B]OC=N)Cc1cnc[nH]1.[B].[CH2-]CCC.[H-].[Li+].[Li+].[Na+].[c-]1nccs1. The van der Waals surface area contributed by atoms with Crippen LogP contribution in [0.3, 0.4) is 0 Å². The second-order valence-corrected chi connectivity index (χ2v) is 27.0. The third-order valence-electron chi connectivity index (χ3n) is 14.1. The number of aromatic amines is 1. The van der Waals surface area contributed by atoms with E-state index in [0.717, 1.165) is 41.6 Å². The van der Waals surface area contributed by atoms with Gasteiger partial charge in [0, 0.05) is 124 Å². The molecule has 37 nitrogen and oxygen atoms in total. The number of rotatable bonds is 41. The number of nitrogens with one attached hydrogen (secondary N) is 6. The first-order valence-corrected chi connectivity index (χ1v) is 37.5. The van der Waals surface area contributed by atoms with Gasteiger partial charge in [0.15, 0.2) is 21.0 Å². The number of Topliss-reactive ketones (excluding diaryl/α,β-unsaturated/α-hetero) is 1. The summed E-state index contributed by atoms with van der Waals surface area (Å²) >= 11 is 8.86. The van der Waals surface area contributed by atoms with Gasteiger partial charge < -0.3 is 114 Å². The molecule has 594 valence electrons. The smallest absolute Gasteiger partial charge is 1.00 e. The Morgan fingerprint density at radius 1 is 0.617 bits per heavy atom. The van der Waals surface area contributed by atoms with Gasteiger partial charge in [-0.2, -0.15) is 6.42 Å². The monoisotopic (exact) mass is 1720 g/mol. The van der Waals surface area contributed by atoms with Crippen LogP contribution in [0.4, 0.5) is 0 Å². The van der Waals surface area contributed by atoms with E-state index in [4.69, 9.17) is 50.5 Å². The number of carbonyl (C=O) groups is 3. The van der Waals surface area contributed by atoms with Crippen LogP contribution in [0.2, 0.25) is 56.4 Å². The number of aromatic nitrogens is 14. The van der Waals surface area contributed by atoms with E-state index < -0.39 is 87.9 Å². The number of thiazole rings is 4. The number of aldehydes is 1. The predicted octanol–water partition coefficient (Wildman–Crippen LogP) is -4.90. The summed E-state index contributed by atoms with van der Waals surface area (Å²) in [5.74, 6) is -3.26. The fraction of sp³-hybridized carbons (Fsp3) is 0.400. The van der Waals surface area contributed by atoms with E-state index in [1.807, 2.05) is 10.8 Å². The van der Waals surface area contributed by atoms with Crippen molar-refractivity contribution in [1.82, 2.24) is 67.8 Å². The number of aliphatic hydroxyl groups excluding tert-OH is 3. The van der Waals surface area contributed by atoms with Crippen LogP contribution in [0.5, 0.6) is 0 Å². The minimum absolute atomic E-state index is 0. The third-order valence-corrected chi connectivity index (χ3v) is 17.5. The minimum Gasteiger partial charge on any atom is -1.00 e. The number of hydrogen-bond donors (Lipinski definition) is 13. The number of halogens is 1. The van der Waals surface area contributed by atoms with Gasteiger partial charge in [-0.15, -0.1) is 45.6 Å². The average Bonchev–Trinajstić information content (AvgIpc) is 1.64. The fourth-order valence-corrected chi connectivity index (χ4v) is 10.8. The largest absolute Gasteiger partial charge is 1.00 e. The molecule has 55 heteroatoms. The number of imidazole rings is 5. The number of ketones is 1. The molecule has 0 saturated carbocycles. The Bertz CT molecular complexity index is 3860. The normalized spacial score (nSPS) is 11.8. The van der Waals surface area contributed by atoms with Crippen molar-refractivity contribution in [3.63, 3.8) is 0 Å². The number of ether oxygens (including phenoxy) is 3. The summed E-state index contributed by atoms with van der Waals surface area (Å²) in [4.78, 5) is 73.2. The molecule has 9 rings (SSSR count). The van der Waals surface area contributed by atoms with Crippen molar-refractivity contribution in [2.75, 3.05) is 21.3 Å². The molecule has 9 aromatic rings. The zero-order chi connectivity index (χ0) is 82.3. The molecule has 13 N–H and O–H groups in total. The molecule has 8 atom stereocenters. The number of hydrogen-bond acceptors (Lipinski definition) is 36. The maximum Gasteiger partial charge on any atom is 1.00 e. The van der Waals surface area contributed by atoms with Gasteiger partial charge in [-0.05, 0) is 74.4 Å². The van der Waals surface area contributed by atoms with E-state index in [-0.39, 0.29) is 95.7 Å². The molecule has 0 fully saturated rings. The number of aliphatic hydroxyl groups is 3. The molecule has 9 aromatic heterocycles. The van der Waals surface area contributed by atoms with E-state index in [1.54, 1.807) is 116 Å². The van der Waals surface area contributed by atoms with Crippen LogP contribution in [0, 0.1) is 39.5 Å². The standard InChI is InChI=1S/C11H15B2N4O3S.C11H13B2N4O3S.C10H17BN3O4.2C9H14B2N3O4.C4H9.C3H2BrNS.C3H2NS.B.2Li.Na.H/c2*1-13(19)17-5-8(16-7-17)4-9(12-20-6-14)10(18)11-15-2-3-21-11;1-16-10(17-2)9(15)8(11-18-5-12)3-7-4-13-6-14-7;1-11(16)14-4-7(13-6-14)3-8(9(15)17-2)10-18-5-12;1-11(17)14-3-7(13-6-14)2-8(9(16)4-15)10-18-5-12;1-3-4-2;4-3-5-1-2-6-3;1-2-5-3-4-1;;;;;/h2-3,5-7,9-10,14,18-19H,4H2,1H3;2-3,5-7,9,14,19H,4H2,1H3;4-6,8-10,12,15H,3H2,1-2H3,(H,13,14);4-6,8,12,16H,3H2,1-2H3;3-6,8-9,12,16-17H,2H2,1H3;1,3-4H2,2H3;1-2H;1-2H;;;;;/q;;;;;-1;;-1;;3*+1;-1. The van der Waals surface area contributed by atoms with Gasteiger partial charge in [0.25, 0.3) is 0 Å². The van der Waals surface area contributed by atoms with Crippen molar-refractivity contribution >= 4 is 185 Å². The molecule has 0 aromatic carbocycles. The summed E-state index contributed by atoms with van der Waals surface area (Å²) < 4.78 is 45.6. The number of unbranched alkanes of at least 4 members (excludes halogenated alkanes) is 1. The summed E-state index contributed by atoms with van der Waals surface area (Å²) in [6.07, 6.45) is 27.0. The molecule has 0 aliphatic heterocycles. The van der Waals surface area contributed by atoms with E-state index in [0.29, 0.717) is 64.7 Å². The van der Waals surface area contributed by atoms with Crippen LogP contribution < -0.4 is 67.3 Å². The topological polar surface area (TPSA) is 537 Å². The van der Waals surface area contributed by atoms with Crippen molar-refractivity contribution in [3.8, 4) is 0 Å². The Labute approximate surface area is 747 Å². The van der Waals surface area contributed by atoms with E-state index in [1.165, 1.54) is 138 Å². The van der Waals surface area contributed by atoms with E-state index in [2.05, 4.69) is 99.2 Å². The second kappa shape index (κ2) is 68.6. The second-order valence-electron chi connectivity index (χ2n) is 22.3. The van der Waals surface area contributed by atoms with Crippen molar-refractivity contribution in [2.45, 2.75) is 133 Å². The quantitative estimate of drug-likeness (QED) is 0.00250. The average molecular weight is 1720 g/mol. The molecule has 0 bridgehead atoms. The number of carbonyl (C=O) groups excluding carboxylic acids is 3. The molecular formula is C60H87B10BrLi2N19NaO18S4. The van der Waals surface area contributed by atoms with Gasteiger partial charge in [-0.25, -0.2) is 39.9 Å². The molecule has 115 heavy (non-hydrogen) atoms. The molecule has 8 radical (unpaired) electrons. The summed E-state index contributed by atoms with van der Waals surface area (Å²) in [5, 5.41) is 110. The van der Waals surface area contributed by atoms with Crippen LogP contribution in [0.15, 0.2) is 113 Å². The number of nitrogens with zero attached hydrogens (tertiary/aromatic N) is 13. The summed E-state index contributed by atoms with van der Waals surface area (Å²) in [6.45, 7) is 12.2. The fourth-order valence-electron chi connectivity index (χ4n) is 8.41. The van der Waals surface area contributed by atoms with Crippen LogP contribution in [-0.2, 0) is 79.2 Å². The van der Waals surface area contributed by atoms with E-state index in [9.17, 15) is 49.8 Å². The van der Waals surface area contributed by atoms with Crippen molar-refractivity contribution < 1.29 is 156 Å². The van der Waals surface area contributed by atoms with Crippen molar-refractivity contribution in [3.05, 3.63) is 164 Å². The predicted molar refractivity (Wildman–Crippen MR) is 439 cm³/mol. The Morgan fingerprint density at radius 2 is 1.04 bits per heavy atom. The van der Waals surface area contributed by atoms with Gasteiger partial charge in [0.05, 0.1) is 67.3 Å². The maximum atomic E-state index is 12.3. The Hall–Kier alpha value is -6.31. The zero-order valence-electron chi connectivity index (χ0n) is 66.4. The molecular weight excluding hydrogens is 1630 g/mol.